The SMILES string of the molecule is Cc1nc(NN)c(C)c(SCC(=O)OC(C)(C)C)n1. The van der Waals surface area contributed by atoms with Crippen molar-refractivity contribution < 1.29 is 9.53 Å². The van der Waals surface area contributed by atoms with Gasteiger partial charge in [-0.1, -0.05) is 11.8 Å². The van der Waals surface area contributed by atoms with Gasteiger partial charge in [0.25, 0.3) is 0 Å². The third kappa shape index (κ3) is 5.04. The molecule has 0 unspecified atom stereocenters. The van der Waals surface area contributed by atoms with E-state index in [1.807, 2.05) is 27.7 Å². The number of esters is 1. The van der Waals surface area contributed by atoms with Crippen LogP contribution < -0.4 is 11.3 Å². The van der Waals surface area contributed by atoms with Crippen molar-refractivity contribution in [3.8, 4) is 0 Å². The molecule has 3 N–H and O–H groups in total. The van der Waals surface area contributed by atoms with Crippen molar-refractivity contribution >= 4 is 23.5 Å². The Morgan fingerprint density at radius 2 is 2.00 bits per heavy atom. The lowest BCUT2D eigenvalue weighted by Crippen LogP contribution is -2.25. The number of nitrogens with zero attached hydrogens (tertiary/aromatic N) is 2. The minimum Gasteiger partial charge on any atom is -0.459 e. The zero-order valence-electron chi connectivity index (χ0n) is 11.9. The first-order chi connectivity index (χ1) is 8.73. The molecule has 106 valence electrons. The molecule has 1 aromatic rings. The molecule has 1 rings (SSSR count). The highest BCUT2D eigenvalue weighted by molar-refractivity contribution is 7.99. The molecular formula is C12H20N4O2S. The number of rotatable bonds is 4. The maximum atomic E-state index is 11.7. The third-order valence-corrected chi connectivity index (χ3v) is 3.15. The molecule has 0 aliphatic rings. The van der Waals surface area contributed by atoms with Gasteiger partial charge in [-0.25, -0.2) is 15.8 Å². The second-order valence-corrected chi connectivity index (χ2v) is 6.03. The highest BCUT2D eigenvalue weighted by atomic mass is 32.2. The molecule has 0 spiro atoms. The molecule has 0 saturated heterocycles. The fraction of sp³-hybridized carbons (Fsp3) is 0.583. The Balaban J connectivity index is 2.73. The van der Waals surface area contributed by atoms with Gasteiger partial charge in [0.15, 0.2) is 0 Å². The maximum Gasteiger partial charge on any atom is 0.316 e. The van der Waals surface area contributed by atoms with E-state index in [1.54, 1.807) is 6.92 Å². The predicted octanol–water partition coefficient (Wildman–Crippen LogP) is 1.81. The smallest absolute Gasteiger partial charge is 0.316 e. The van der Waals surface area contributed by atoms with Crippen LogP contribution in [0.2, 0.25) is 0 Å². The minimum absolute atomic E-state index is 0.207. The number of hydrogen-bond acceptors (Lipinski definition) is 7. The molecule has 0 atom stereocenters. The second kappa shape index (κ2) is 6.21. The van der Waals surface area contributed by atoms with E-state index in [-0.39, 0.29) is 11.7 Å². The van der Waals surface area contributed by atoms with Crippen molar-refractivity contribution in [2.24, 2.45) is 5.84 Å². The highest BCUT2D eigenvalue weighted by Gasteiger charge is 2.17. The molecule has 0 aromatic carbocycles. The molecule has 0 saturated carbocycles. The summed E-state index contributed by atoms with van der Waals surface area (Å²) in [6.07, 6.45) is 0. The maximum absolute atomic E-state index is 11.7. The van der Waals surface area contributed by atoms with Crippen molar-refractivity contribution in [1.29, 1.82) is 0 Å². The Labute approximate surface area is 117 Å². The van der Waals surface area contributed by atoms with Crippen molar-refractivity contribution in [2.45, 2.75) is 45.2 Å². The fourth-order valence-corrected chi connectivity index (χ4v) is 2.21. The molecule has 19 heavy (non-hydrogen) atoms. The Bertz CT molecular complexity index is 472. The Hall–Kier alpha value is -1.34. The zero-order chi connectivity index (χ0) is 14.6. The van der Waals surface area contributed by atoms with Gasteiger partial charge in [0, 0.05) is 5.56 Å². The van der Waals surface area contributed by atoms with Crippen LogP contribution in [0, 0.1) is 13.8 Å². The lowest BCUT2D eigenvalue weighted by atomic mass is 10.2. The average molecular weight is 284 g/mol. The van der Waals surface area contributed by atoms with Crippen molar-refractivity contribution in [3.05, 3.63) is 11.4 Å². The van der Waals surface area contributed by atoms with Crippen LogP contribution >= 0.6 is 11.8 Å². The monoisotopic (exact) mass is 284 g/mol. The second-order valence-electron chi connectivity index (χ2n) is 5.07. The van der Waals surface area contributed by atoms with E-state index >= 15 is 0 Å². The van der Waals surface area contributed by atoms with Gasteiger partial charge < -0.3 is 10.2 Å². The summed E-state index contributed by atoms with van der Waals surface area (Å²) in [5, 5.41) is 0.728. The minimum atomic E-state index is -0.474. The third-order valence-electron chi connectivity index (χ3n) is 2.10. The van der Waals surface area contributed by atoms with Crippen molar-refractivity contribution in [2.75, 3.05) is 11.2 Å². The molecule has 0 amide bonds. The molecule has 7 heteroatoms. The Morgan fingerprint density at radius 1 is 1.37 bits per heavy atom. The number of carbonyl (C=O) groups excluding carboxylic acids is 1. The first kappa shape index (κ1) is 15.7. The largest absolute Gasteiger partial charge is 0.459 e. The van der Waals surface area contributed by atoms with E-state index in [0.29, 0.717) is 11.6 Å². The number of hydrazine groups is 1. The van der Waals surface area contributed by atoms with Gasteiger partial charge in [-0.15, -0.1) is 0 Å². The van der Waals surface area contributed by atoms with Crippen LogP contribution in [-0.4, -0.2) is 27.3 Å². The molecule has 0 fully saturated rings. The van der Waals surface area contributed by atoms with E-state index in [4.69, 9.17) is 10.6 Å². The summed E-state index contributed by atoms with van der Waals surface area (Å²) < 4.78 is 5.24. The standard InChI is InChI=1S/C12H20N4O2S/c1-7-10(16-13)14-8(2)15-11(7)19-6-9(17)18-12(3,4)5/h6,13H2,1-5H3,(H,14,15,16). The number of hydrogen-bond donors (Lipinski definition) is 2. The lowest BCUT2D eigenvalue weighted by Gasteiger charge is -2.19. The topological polar surface area (TPSA) is 90.1 Å². The Morgan fingerprint density at radius 3 is 2.53 bits per heavy atom. The van der Waals surface area contributed by atoms with Gasteiger partial charge in [0.05, 0.1) is 5.75 Å². The summed E-state index contributed by atoms with van der Waals surface area (Å²) in [5.41, 5.74) is 2.87. The number of aryl methyl sites for hydroxylation is 1. The number of nitrogens with two attached hydrogens (primary N) is 1. The van der Waals surface area contributed by atoms with Crippen LogP contribution in [0.15, 0.2) is 5.03 Å². The highest BCUT2D eigenvalue weighted by Crippen LogP contribution is 2.25. The number of anilines is 1. The van der Waals surface area contributed by atoms with Gasteiger partial charge in [0.1, 0.15) is 22.3 Å². The van der Waals surface area contributed by atoms with Gasteiger partial charge in [-0.2, -0.15) is 0 Å². The first-order valence-electron chi connectivity index (χ1n) is 5.89. The summed E-state index contributed by atoms with van der Waals surface area (Å²) in [6.45, 7) is 9.15. The average Bonchev–Trinajstić information content (AvgIpc) is 2.27. The van der Waals surface area contributed by atoms with Crippen LogP contribution in [0.1, 0.15) is 32.2 Å². The molecule has 6 nitrogen and oxygen atoms in total. The summed E-state index contributed by atoms with van der Waals surface area (Å²) in [4.78, 5) is 20.1. The quantitative estimate of drug-likeness (QED) is 0.286. The fourth-order valence-electron chi connectivity index (χ4n) is 1.38. The van der Waals surface area contributed by atoms with Crippen molar-refractivity contribution in [1.82, 2.24) is 9.97 Å². The lowest BCUT2D eigenvalue weighted by molar-refractivity contribution is -0.151. The van der Waals surface area contributed by atoms with Crippen LogP contribution in [0.25, 0.3) is 0 Å². The summed E-state index contributed by atoms with van der Waals surface area (Å²) in [7, 11) is 0. The molecular weight excluding hydrogens is 264 g/mol. The van der Waals surface area contributed by atoms with E-state index in [2.05, 4.69) is 15.4 Å². The predicted molar refractivity (Wildman–Crippen MR) is 75.9 cm³/mol. The van der Waals surface area contributed by atoms with Crippen LogP contribution in [0.4, 0.5) is 5.82 Å². The molecule has 0 radical (unpaired) electrons. The molecule has 0 aliphatic heterocycles. The number of ether oxygens (including phenoxy) is 1. The Kier molecular flexibility index (Phi) is 5.13. The molecule has 0 bridgehead atoms. The van der Waals surface area contributed by atoms with E-state index in [1.165, 1.54) is 11.8 Å². The number of nitrogens with one attached hydrogen (secondary N) is 1. The number of aromatic nitrogens is 2. The van der Waals surface area contributed by atoms with Crippen LogP contribution in [0.5, 0.6) is 0 Å². The molecule has 1 heterocycles. The van der Waals surface area contributed by atoms with Gasteiger partial charge in [0.2, 0.25) is 0 Å². The summed E-state index contributed by atoms with van der Waals surface area (Å²) in [5.74, 6) is 6.50. The summed E-state index contributed by atoms with van der Waals surface area (Å²) in [6, 6.07) is 0. The number of carbonyl (C=O) groups is 1. The van der Waals surface area contributed by atoms with Crippen LogP contribution in [-0.2, 0) is 9.53 Å². The van der Waals surface area contributed by atoms with Gasteiger partial charge in [-0.05, 0) is 34.6 Å². The van der Waals surface area contributed by atoms with Gasteiger partial charge >= 0.3 is 5.97 Å². The van der Waals surface area contributed by atoms with E-state index < -0.39 is 5.60 Å². The number of thioether (sulfide) groups is 1. The van der Waals surface area contributed by atoms with Crippen molar-refractivity contribution in [3.63, 3.8) is 0 Å². The molecule has 0 aliphatic carbocycles. The van der Waals surface area contributed by atoms with E-state index in [0.717, 1.165) is 10.6 Å². The van der Waals surface area contributed by atoms with Gasteiger partial charge in [-0.3, -0.25) is 4.79 Å². The van der Waals surface area contributed by atoms with Crippen LogP contribution in [0.3, 0.4) is 0 Å². The number of nitrogen functional groups attached to an aromatic ring is 1. The first-order valence-corrected chi connectivity index (χ1v) is 6.88. The summed E-state index contributed by atoms with van der Waals surface area (Å²) >= 11 is 1.32. The normalized spacial score (nSPS) is 11.3. The molecule has 1 aromatic heterocycles. The zero-order valence-corrected chi connectivity index (χ0v) is 12.7. The van der Waals surface area contributed by atoms with E-state index in [9.17, 15) is 4.79 Å².